The van der Waals surface area contributed by atoms with Crippen LogP contribution in [-0.2, 0) is 0 Å². The van der Waals surface area contributed by atoms with Crippen molar-refractivity contribution in [3.8, 4) is 0 Å². The van der Waals surface area contributed by atoms with E-state index in [2.05, 4.69) is 61.2 Å². The SMILES string of the molecule is Cc1ccc(C(c2nnnn2C2CCCCC2)N2CCN(C3CCCC3)CC2)cc1. The van der Waals surface area contributed by atoms with Crippen LogP contribution in [0.4, 0.5) is 0 Å². The van der Waals surface area contributed by atoms with Gasteiger partial charge in [-0.1, -0.05) is 61.9 Å². The summed E-state index contributed by atoms with van der Waals surface area (Å²) < 4.78 is 2.17. The molecule has 5 rings (SSSR count). The Morgan fingerprint density at radius 1 is 0.800 bits per heavy atom. The fourth-order valence-corrected chi connectivity index (χ4v) is 5.87. The summed E-state index contributed by atoms with van der Waals surface area (Å²) in [6, 6.07) is 10.4. The molecular formula is C24H36N6. The minimum atomic E-state index is 0.147. The number of tetrazole rings is 1. The molecule has 0 spiro atoms. The van der Waals surface area contributed by atoms with Crippen molar-refractivity contribution in [3.63, 3.8) is 0 Å². The summed E-state index contributed by atoms with van der Waals surface area (Å²) in [5.41, 5.74) is 2.62. The third-order valence-electron chi connectivity index (χ3n) is 7.63. The Bertz CT molecular complexity index is 795. The van der Waals surface area contributed by atoms with Gasteiger partial charge in [-0.15, -0.1) is 5.10 Å². The first kappa shape index (κ1) is 20.1. The highest BCUT2D eigenvalue weighted by Gasteiger charge is 2.34. The lowest BCUT2D eigenvalue weighted by Gasteiger charge is -2.41. The van der Waals surface area contributed by atoms with Gasteiger partial charge in [0, 0.05) is 32.2 Å². The molecule has 2 aliphatic carbocycles. The number of benzene rings is 1. The van der Waals surface area contributed by atoms with Crippen LogP contribution in [0.5, 0.6) is 0 Å². The van der Waals surface area contributed by atoms with E-state index in [1.165, 1.54) is 68.9 Å². The summed E-state index contributed by atoms with van der Waals surface area (Å²) >= 11 is 0. The molecule has 0 radical (unpaired) electrons. The van der Waals surface area contributed by atoms with E-state index in [0.29, 0.717) is 6.04 Å². The molecule has 6 heteroatoms. The smallest absolute Gasteiger partial charge is 0.173 e. The maximum Gasteiger partial charge on any atom is 0.173 e. The molecule has 3 fully saturated rings. The number of aryl methyl sites for hydroxylation is 1. The van der Waals surface area contributed by atoms with E-state index in [9.17, 15) is 0 Å². The maximum absolute atomic E-state index is 4.61. The van der Waals surface area contributed by atoms with Gasteiger partial charge >= 0.3 is 0 Å². The zero-order valence-electron chi connectivity index (χ0n) is 18.4. The molecule has 1 unspecified atom stereocenters. The first-order chi connectivity index (χ1) is 14.8. The number of rotatable bonds is 5. The van der Waals surface area contributed by atoms with Crippen LogP contribution in [0.15, 0.2) is 24.3 Å². The summed E-state index contributed by atoms with van der Waals surface area (Å²) in [6.45, 7) is 6.67. The Labute approximate surface area is 180 Å². The van der Waals surface area contributed by atoms with Gasteiger partial charge in [-0.05, 0) is 48.6 Å². The molecule has 0 amide bonds. The molecule has 1 atom stereocenters. The zero-order valence-corrected chi connectivity index (χ0v) is 18.4. The average Bonchev–Trinajstić information content (AvgIpc) is 3.49. The number of piperazine rings is 1. The van der Waals surface area contributed by atoms with Crippen LogP contribution < -0.4 is 0 Å². The van der Waals surface area contributed by atoms with Crippen LogP contribution in [0.3, 0.4) is 0 Å². The largest absolute Gasteiger partial charge is 0.298 e. The second-order valence-corrected chi connectivity index (χ2v) is 9.60. The minimum Gasteiger partial charge on any atom is -0.298 e. The van der Waals surface area contributed by atoms with E-state index in [1.54, 1.807) is 0 Å². The summed E-state index contributed by atoms with van der Waals surface area (Å²) in [5.74, 6) is 1.04. The van der Waals surface area contributed by atoms with Crippen molar-refractivity contribution in [1.29, 1.82) is 0 Å². The predicted octanol–water partition coefficient (Wildman–Crippen LogP) is 4.14. The highest BCUT2D eigenvalue weighted by Crippen LogP contribution is 2.34. The average molecular weight is 409 g/mol. The molecule has 1 aliphatic heterocycles. The van der Waals surface area contributed by atoms with Crippen LogP contribution in [0, 0.1) is 6.92 Å². The highest BCUT2D eigenvalue weighted by molar-refractivity contribution is 5.28. The van der Waals surface area contributed by atoms with Crippen LogP contribution in [-0.4, -0.2) is 62.2 Å². The molecule has 1 saturated heterocycles. The van der Waals surface area contributed by atoms with Crippen molar-refractivity contribution >= 4 is 0 Å². The van der Waals surface area contributed by atoms with Gasteiger partial charge in [0.25, 0.3) is 0 Å². The van der Waals surface area contributed by atoms with Crippen LogP contribution in [0.1, 0.15) is 86.8 Å². The van der Waals surface area contributed by atoms with E-state index in [1.807, 2.05) is 0 Å². The molecule has 2 aromatic rings. The van der Waals surface area contributed by atoms with Gasteiger partial charge in [0.05, 0.1) is 12.1 Å². The number of hydrogen-bond donors (Lipinski definition) is 0. The molecule has 2 heterocycles. The fraction of sp³-hybridized carbons (Fsp3) is 0.708. The van der Waals surface area contributed by atoms with Crippen LogP contribution >= 0.6 is 0 Å². The quantitative estimate of drug-likeness (QED) is 0.744. The molecule has 30 heavy (non-hydrogen) atoms. The Morgan fingerprint density at radius 3 is 2.13 bits per heavy atom. The van der Waals surface area contributed by atoms with E-state index in [0.717, 1.165) is 38.0 Å². The Balaban J connectivity index is 1.41. The second-order valence-electron chi connectivity index (χ2n) is 9.60. The molecule has 3 aliphatic rings. The van der Waals surface area contributed by atoms with E-state index in [-0.39, 0.29) is 6.04 Å². The van der Waals surface area contributed by atoms with Gasteiger partial charge in [-0.2, -0.15) is 0 Å². The van der Waals surface area contributed by atoms with Gasteiger partial charge in [-0.3, -0.25) is 9.80 Å². The molecule has 6 nitrogen and oxygen atoms in total. The third-order valence-corrected chi connectivity index (χ3v) is 7.63. The topological polar surface area (TPSA) is 50.1 Å². The number of nitrogens with zero attached hydrogens (tertiary/aromatic N) is 6. The molecule has 0 N–H and O–H groups in total. The molecule has 0 bridgehead atoms. The van der Waals surface area contributed by atoms with Crippen molar-refractivity contribution in [3.05, 3.63) is 41.2 Å². The van der Waals surface area contributed by atoms with Gasteiger partial charge in [-0.25, -0.2) is 4.68 Å². The van der Waals surface area contributed by atoms with Crippen molar-refractivity contribution in [2.24, 2.45) is 0 Å². The summed E-state index contributed by atoms with van der Waals surface area (Å²) in [5, 5.41) is 13.3. The van der Waals surface area contributed by atoms with Gasteiger partial charge < -0.3 is 0 Å². The van der Waals surface area contributed by atoms with Gasteiger partial charge in [0.1, 0.15) is 0 Å². The normalized spacial score (nSPS) is 23.8. The Hall–Kier alpha value is -1.79. The predicted molar refractivity (Wildman–Crippen MR) is 118 cm³/mol. The second kappa shape index (κ2) is 9.15. The van der Waals surface area contributed by atoms with Crippen LogP contribution in [0.2, 0.25) is 0 Å². The number of aromatic nitrogens is 4. The summed E-state index contributed by atoms with van der Waals surface area (Å²) in [6.07, 6.45) is 11.9. The first-order valence-electron chi connectivity index (χ1n) is 12.1. The lowest BCUT2D eigenvalue weighted by molar-refractivity contribution is 0.0760. The highest BCUT2D eigenvalue weighted by atomic mass is 15.6. The molecule has 1 aromatic heterocycles. The molecule has 2 saturated carbocycles. The maximum atomic E-state index is 4.61. The summed E-state index contributed by atoms with van der Waals surface area (Å²) in [4.78, 5) is 5.36. The molecule has 162 valence electrons. The standard InChI is InChI=1S/C24H36N6/c1-19-11-13-20(14-12-19)23(24-25-26-27-30(24)22-9-3-2-4-10-22)29-17-15-28(16-18-29)21-7-5-6-8-21/h11-14,21-23H,2-10,15-18H2,1H3. The zero-order chi connectivity index (χ0) is 20.3. The van der Waals surface area contributed by atoms with Crippen molar-refractivity contribution in [2.75, 3.05) is 26.2 Å². The Morgan fingerprint density at radius 2 is 1.43 bits per heavy atom. The lowest BCUT2D eigenvalue weighted by atomic mass is 9.95. The fourth-order valence-electron chi connectivity index (χ4n) is 5.87. The van der Waals surface area contributed by atoms with E-state index < -0.39 is 0 Å². The molecular weight excluding hydrogens is 372 g/mol. The lowest BCUT2D eigenvalue weighted by Crippen LogP contribution is -2.51. The van der Waals surface area contributed by atoms with E-state index in [4.69, 9.17) is 0 Å². The van der Waals surface area contributed by atoms with Crippen LogP contribution in [0.25, 0.3) is 0 Å². The van der Waals surface area contributed by atoms with Crippen molar-refractivity contribution in [2.45, 2.75) is 82.8 Å². The summed E-state index contributed by atoms with van der Waals surface area (Å²) in [7, 11) is 0. The Kier molecular flexibility index (Phi) is 6.14. The van der Waals surface area contributed by atoms with Crippen molar-refractivity contribution < 1.29 is 0 Å². The monoisotopic (exact) mass is 408 g/mol. The van der Waals surface area contributed by atoms with Crippen molar-refractivity contribution in [1.82, 2.24) is 30.0 Å². The number of hydrogen-bond acceptors (Lipinski definition) is 5. The molecule has 1 aromatic carbocycles. The first-order valence-corrected chi connectivity index (χ1v) is 12.1. The van der Waals surface area contributed by atoms with E-state index >= 15 is 0 Å². The van der Waals surface area contributed by atoms with Gasteiger partial charge in [0.15, 0.2) is 5.82 Å². The van der Waals surface area contributed by atoms with Gasteiger partial charge in [0.2, 0.25) is 0 Å². The minimum absolute atomic E-state index is 0.147. The third kappa shape index (κ3) is 4.17.